The van der Waals surface area contributed by atoms with Crippen LogP contribution in [0.25, 0.3) is 0 Å². The van der Waals surface area contributed by atoms with Gasteiger partial charge in [-0.05, 0) is 26.2 Å². The molecule has 60 valence electrons. The van der Waals surface area contributed by atoms with Gasteiger partial charge >= 0.3 is 0 Å². The first-order valence-corrected chi connectivity index (χ1v) is 3.50. The summed E-state index contributed by atoms with van der Waals surface area (Å²) in [6, 6.07) is 0. The van der Waals surface area contributed by atoms with E-state index in [1.165, 1.54) is 0 Å². The Morgan fingerprint density at radius 1 is 1.60 bits per heavy atom. The lowest BCUT2D eigenvalue weighted by molar-refractivity contribution is -0.128. The zero-order valence-electron chi connectivity index (χ0n) is 6.25. The molecule has 0 aromatic heterocycles. The molecule has 0 aromatic rings. The van der Waals surface area contributed by atoms with Crippen LogP contribution in [0.5, 0.6) is 0 Å². The molecule has 0 aliphatic carbocycles. The molecule has 3 nitrogen and oxygen atoms in total. The third-order valence-electron chi connectivity index (χ3n) is 1.20. The Labute approximate surface area is 61.0 Å². The van der Waals surface area contributed by atoms with Crippen LogP contribution in [0.4, 0.5) is 0 Å². The third-order valence-corrected chi connectivity index (χ3v) is 1.20. The topological polar surface area (TPSA) is 46.5 Å². The van der Waals surface area contributed by atoms with Crippen molar-refractivity contribution < 1.29 is 14.6 Å². The Morgan fingerprint density at radius 3 is 2.80 bits per heavy atom. The van der Waals surface area contributed by atoms with Gasteiger partial charge in [0.2, 0.25) is 0 Å². The molecule has 0 aliphatic heterocycles. The van der Waals surface area contributed by atoms with Crippen LogP contribution in [0.2, 0.25) is 0 Å². The zero-order valence-corrected chi connectivity index (χ0v) is 6.25. The molecule has 10 heavy (non-hydrogen) atoms. The second-order valence-corrected chi connectivity index (χ2v) is 2.31. The fraction of sp³-hybridized carbons (Fsp3) is 0.857. The first kappa shape index (κ1) is 9.43. The van der Waals surface area contributed by atoms with Gasteiger partial charge < -0.3 is 9.84 Å². The van der Waals surface area contributed by atoms with Crippen molar-refractivity contribution in [2.24, 2.45) is 0 Å². The molecule has 0 saturated carbocycles. The molecule has 0 spiro atoms. The summed E-state index contributed by atoms with van der Waals surface area (Å²) in [6.07, 6.45) is 2.29. The molecular formula is C7H14O3. The first-order valence-electron chi connectivity index (χ1n) is 3.50. The molecule has 3 heteroatoms. The van der Waals surface area contributed by atoms with E-state index in [4.69, 9.17) is 5.11 Å². The van der Waals surface area contributed by atoms with Crippen molar-refractivity contribution in [2.75, 3.05) is 6.61 Å². The lowest BCUT2D eigenvalue weighted by atomic mass is 10.2. The lowest BCUT2D eigenvalue weighted by Crippen LogP contribution is -2.00. The van der Waals surface area contributed by atoms with Gasteiger partial charge in [0.25, 0.3) is 6.47 Å². The van der Waals surface area contributed by atoms with Crippen LogP contribution in [0.3, 0.4) is 0 Å². The summed E-state index contributed by atoms with van der Waals surface area (Å²) in [5, 5.41) is 8.80. The highest BCUT2D eigenvalue weighted by molar-refractivity contribution is 5.36. The second-order valence-electron chi connectivity index (χ2n) is 2.31. The van der Waals surface area contributed by atoms with Crippen molar-refractivity contribution in [3.8, 4) is 0 Å². The maximum Gasteiger partial charge on any atom is 0.293 e. The van der Waals surface area contributed by atoms with Gasteiger partial charge in [-0.2, -0.15) is 0 Å². The first-order chi connectivity index (χ1) is 4.77. The van der Waals surface area contributed by atoms with E-state index in [-0.39, 0.29) is 6.10 Å². The average molecular weight is 146 g/mol. The van der Waals surface area contributed by atoms with Crippen LogP contribution in [0.15, 0.2) is 0 Å². The molecule has 0 aromatic carbocycles. The largest absolute Gasteiger partial charge is 0.468 e. The van der Waals surface area contributed by atoms with Crippen LogP contribution in [0, 0.1) is 0 Å². The van der Waals surface area contributed by atoms with E-state index in [2.05, 4.69) is 4.74 Å². The summed E-state index contributed by atoms with van der Waals surface area (Å²) in [5.41, 5.74) is 0. The average Bonchev–Trinajstić information content (AvgIpc) is 1.87. The zero-order chi connectivity index (χ0) is 7.82. The van der Waals surface area contributed by atoms with Crippen LogP contribution < -0.4 is 0 Å². The van der Waals surface area contributed by atoms with Crippen molar-refractivity contribution in [3.63, 3.8) is 0 Å². The molecule has 0 heterocycles. The highest BCUT2D eigenvalue weighted by atomic mass is 16.5. The molecule has 1 unspecified atom stereocenters. The number of unbranched alkanes of at least 4 members (excludes halogenated alkanes) is 1. The lowest BCUT2D eigenvalue weighted by Gasteiger charge is -2.01. The number of hydrogen-bond donors (Lipinski definition) is 1. The predicted molar refractivity (Wildman–Crippen MR) is 37.5 cm³/mol. The van der Waals surface area contributed by atoms with Crippen LogP contribution in [0.1, 0.15) is 26.2 Å². The standard InChI is InChI=1S/C7H14O3/c1-7(9)4-2-3-5-10-6-8/h6-7,9H,2-5H2,1H3. The van der Waals surface area contributed by atoms with Crippen molar-refractivity contribution in [2.45, 2.75) is 32.3 Å². The van der Waals surface area contributed by atoms with E-state index in [0.717, 1.165) is 19.3 Å². The maximum atomic E-state index is 9.63. The number of aliphatic hydroxyl groups excluding tert-OH is 1. The van der Waals surface area contributed by atoms with E-state index in [1.807, 2.05) is 0 Å². The number of carbonyl (C=O) groups excluding carboxylic acids is 1. The van der Waals surface area contributed by atoms with Gasteiger partial charge in [-0.15, -0.1) is 0 Å². The number of rotatable bonds is 6. The summed E-state index contributed by atoms with van der Waals surface area (Å²) in [6.45, 7) is 2.67. The summed E-state index contributed by atoms with van der Waals surface area (Å²) >= 11 is 0. The molecule has 0 rings (SSSR count). The van der Waals surface area contributed by atoms with E-state index < -0.39 is 0 Å². The van der Waals surface area contributed by atoms with Gasteiger partial charge in [0, 0.05) is 0 Å². The SMILES string of the molecule is CC(O)CCCCOC=O. The van der Waals surface area contributed by atoms with Gasteiger partial charge in [0.1, 0.15) is 0 Å². The molecule has 1 N–H and O–H groups in total. The predicted octanol–water partition coefficient (Wildman–Crippen LogP) is 0.710. The number of carbonyl (C=O) groups is 1. The number of ether oxygens (including phenoxy) is 1. The Kier molecular flexibility index (Phi) is 6.18. The van der Waals surface area contributed by atoms with Crippen molar-refractivity contribution in [1.29, 1.82) is 0 Å². The van der Waals surface area contributed by atoms with E-state index in [0.29, 0.717) is 13.1 Å². The van der Waals surface area contributed by atoms with Crippen LogP contribution in [-0.4, -0.2) is 24.3 Å². The fourth-order valence-electron chi connectivity index (χ4n) is 0.673. The quantitative estimate of drug-likeness (QED) is 0.443. The highest BCUT2D eigenvalue weighted by Crippen LogP contribution is 1.99. The maximum absolute atomic E-state index is 9.63. The molecular weight excluding hydrogens is 132 g/mol. The summed E-state index contributed by atoms with van der Waals surface area (Å²) in [7, 11) is 0. The highest BCUT2D eigenvalue weighted by Gasteiger charge is 1.94. The summed E-state index contributed by atoms with van der Waals surface area (Å²) < 4.78 is 4.45. The number of aliphatic hydroxyl groups is 1. The monoisotopic (exact) mass is 146 g/mol. The molecule has 0 bridgehead atoms. The molecule has 0 fully saturated rings. The normalized spacial score (nSPS) is 12.6. The van der Waals surface area contributed by atoms with Crippen LogP contribution in [-0.2, 0) is 9.53 Å². The number of hydrogen-bond acceptors (Lipinski definition) is 3. The van der Waals surface area contributed by atoms with E-state index in [1.54, 1.807) is 6.92 Å². The van der Waals surface area contributed by atoms with Gasteiger partial charge in [-0.1, -0.05) is 0 Å². The van der Waals surface area contributed by atoms with Gasteiger partial charge in [-0.3, -0.25) is 4.79 Å². The minimum Gasteiger partial charge on any atom is -0.468 e. The van der Waals surface area contributed by atoms with E-state index >= 15 is 0 Å². The molecule has 0 amide bonds. The van der Waals surface area contributed by atoms with Crippen LogP contribution >= 0.6 is 0 Å². The Bertz CT molecular complexity index is 80.9. The molecule has 0 saturated heterocycles. The third kappa shape index (κ3) is 7.43. The second kappa shape index (κ2) is 6.55. The van der Waals surface area contributed by atoms with Gasteiger partial charge in [0.15, 0.2) is 0 Å². The molecule has 0 radical (unpaired) electrons. The summed E-state index contributed by atoms with van der Waals surface area (Å²) in [4.78, 5) is 9.63. The smallest absolute Gasteiger partial charge is 0.293 e. The Hall–Kier alpha value is -0.570. The Balaban J connectivity index is 2.83. The Morgan fingerprint density at radius 2 is 2.30 bits per heavy atom. The van der Waals surface area contributed by atoms with Crippen molar-refractivity contribution in [3.05, 3.63) is 0 Å². The minimum atomic E-state index is -0.240. The summed E-state index contributed by atoms with van der Waals surface area (Å²) in [5.74, 6) is 0. The van der Waals surface area contributed by atoms with Crippen molar-refractivity contribution >= 4 is 6.47 Å². The molecule has 0 aliphatic rings. The fourth-order valence-corrected chi connectivity index (χ4v) is 0.673. The van der Waals surface area contributed by atoms with Gasteiger partial charge in [-0.25, -0.2) is 0 Å². The molecule has 1 atom stereocenters. The van der Waals surface area contributed by atoms with Gasteiger partial charge in [0.05, 0.1) is 12.7 Å². The van der Waals surface area contributed by atoms with E-state index in [9.17, 15) is 4.79 Å². The minimum absolute atomic E-state index is 0.240. The van der Waals surface area contributed by atoms with Crippen molar-refractivity contribution in [1.82, 2.24) is 0 Å².